The highest BCUT2D eigenvalue weighted by molar-refractivity contribution is 6.29. The van der Waals surface area contributed by atoms with Crippen LogP contribution in [0.5, 0.6) is 0 Å². The number of hydrogen-bond donors (Lipinski definition) is 2. The van der Waals surface area contributed by atoms with E-state index < -0.39 is 0 Å². The fourth-order valence-corrected chi connectivity index (χ4v) is 2.27. The number of nitrogens with zero attached hydrogens (tertiary/aromatic N) is 2. The molecule has 2 rings (SSSR count). The molecule has 0 atom stereocenters. The molecule has 1 aliphatic rings. The number of carbonyl (C=O) groups excluding carboxylic acids is 1. The van der Waals surface area contributed by atoms with Crippen molar-refractivity contribution in [2.24, 2.45) is 11.8 Å². The number of nitrogens with one attached hydrogen (secondary N) is 1. The maximum Gasteiger partial charge on any atom is 0.253 e. The van der Waals surface area contributed by atoms with Crippen LogP contribution in [0, 0.1) is 5.92 Å². The Morgan fingerprint density at radius 1 is 1.61 bits per heavy atom. The summed E-state index contributed by atoms with van der Waals surface area (Å²) in [7, 11) is 1.81. The minimum absolute atomic E-state index is 0.0531. The number of aromatic nitrogens is 1. The Bertz CT molecular complexity index is 448. The Labute approximate surface area is 111 Å². The van der Waals surface area contributed by atoms with E-state index in [9.17, 15) is 4.79 Å². The largest absolute Gasteiger partial charge is 0.341 e. The van der Waals surface area contributed by atoms with Crippen molar-refractivity contribution in [1.29, 1.82) is 0 Å². The van der Waals surface area contributed by atoms with Crippen LogP contribution in [0.2, 0.25) is 5.15 Å². The van der Waals surface area contributed by atoms with Gasteiger partial charge in [-0.3, -0.25) is 4.79 Å². The Balaban J connectivity index is 2.08. The molecule has 0 radical (unpaired) electrons. The van der Waals surface area contributed by atoms with E-state index in [2.05, 4.69) is 10.4 Å². The molecule has 18 heavy (non-hydrogen) atoms. The van der Waals surface area contributed by atoms with Crippen molar-refractivity contribution in [2.75, 3.05) is 19.0 Å². The zero-order valence-corrected chi connectivity index (χ0v) is 11.1. The molecule has 0 aromatic carbocycles. The third kappa shape index (κ3) is 2.91. The van der Waals surface area contributed by atoms with Crippen LogP contribution < -0.4 is 11.3 Å². The number of hydrazine groups is 1. The number of halogens is 1. The summed E-state index contributed by atoms with van der Waals surface area (Å²) in [5.41, 5.74) is 2.90. The summed E-state index contributed by atoms with van der Waals surface area (Å²) in [4.78, 5) is 17.9. The molecule has 1 heterocycles. The zero-order valence-electron chi connectivity index (χ0n) is 10.3. The first-order valence-electron chi connectivity index (χ1n) is 6.00. The molecule has 1 amide bonds. The summed E-state index contributed by atoms with van der Waals surface area (Å²) in [6, 6.07) is 3.16. The monoisotopic (exact) mass is 268 g/mol. The summed E-state index contributed by atoms with van der Waals surface area (Å²) in [6.07, 6.45) is 3.70. The maximum atomic E-state index is 12.2. The van der Waals surface area contributed by atoms with E-state index in [1.807, 2.05) is 7.05 Å². The van der Waals surface area contributed by atoms with Gasteiger partial charge in [0.2, 0.25) is 0 Å². The van der Waals surface area contributed by atoms with Gasteiger partial charge in [0, 0.05) is 19.2 Å². The Morgan fingerprint density at radius 3 is 2.89 bits per heavy atom. The van der Waals surface area contributed by atoms with Gasteiger partial charge in [-0.25, -0.2) is 10.8 Å². The predicted octanol–water partition coefficient (Wildman–Crippen LogP) is 1.89. The molecule has 1 saturated carbocycles. The molecule has 5 nitrogen and oxygen atoms in total. The van der Waals surface area contributed by atoms with Gasteiger partial charge in [0.25, 0.3) is 5.91 Å². The summed E-state index contributed by atoms with van der Waals surface area (Å²) in [5, 5.41) is 0.255. The third-order valence-corrected chi connectivity index (χ3v) is 3.49. The van der Waals surface area contributed by atoms with Gasteiger partial charge in [-0.2, -0.15) is 0 Å². The quantitative estimate of drug-likeness (QED) is 0.497. The van der Waals surface area contributed by atoms with Crippen molar-refractivity contribution in [3.05, 3.63) is 22.8 Å². The second kappa shape index (κ2) is 5.54. The van der Waals surface area contributed by atoms with Crippen molar-refractivity contribution < 1.29 is 4.79 Å². The van der Waals surface area contributed by atoms with Gasteiger partial charge in [0.05, 0.1) is 0 Å². The van der Waals surface area contributed by atoms with E-state index in [4.69, 9.17) is 17.4 Å². The van der Waals surface area contributed by atoms with Gasteiger partial charge < -0.3 is 10.3 Å². The fraction of sp³-hybridized carbons (Fsp3) is 0.500. The van der Waals surface area contributed by atoms with Crippen molar-refractivity contribution in [1.82, 2.24) is 9.88 Å². The van der Waals surface area contributed by atoms with E-state index in [0.29, 0.717) is 17.3 Å². The standard InChI is InChI=1S/C12H17ClN4O/c1-17(7-8-3-2-4-8)12(18)9-5-10(13)15-11(6-9)16-14/h5-6,8H,2-4,7,14H2,1H3,(H,15,16). The van der Waals surface area contributed by atoms with Crippen molar-refractivity contribution in [3.8, 4) is 0 Å². The SMILES string of the molecule is CN(CC1CCC1)C(=O)c1cc(Cl)nc(NN)c1. The minimum Gasteiger partial charge on any atom is -0.341 e. The predicted molar refractivity (Wildman–Crippen MR) is 71.4 cm³/mol. The lowest BCUT2D eigenvalue weighted by molar-refractivity contribution is 0.0745. The minimum atomic E-state index is -0.0531. The molecule has 98 valence electrons. The first-order valence-corrected chi connectivity index (χ1v) is 6.37. The van der Waals surface area contributed by atoms with Crippen LogP contribution in [-0.2, 0) is 0 Å². The topological polar surface area (TPSA) is 71.2 Å². The third-order valence-electron chi connectivity index (χ3n) is 3.29. The smallest absolute Gasteiger partial charge is 0.253 e. The molecule has 0 bridgehead atoms. The van der Waals surface area contributed by atoms with E-state index in [0.717, 1.165) is 6.54 Å². The number of carbonyl (C=O) groups is 1. The average molecular weight is 269 g/mol. The lowest BCUT2D eigenvalue weighted by Gasteiger charge is -2.30. The molecule has 0 aliphatic heterocycles. The van der Waals surface area contributed by atoms with Gasteiger partial charge >= 0.3 is 0 Å². The molecule has 1 aromatic rings. The van der Waals surface area contributed by atoms with Gasteiger partial charge in [-0.1, -0.05) is 18.0 Å². The number of rotatable bonds is 4. The average Bonchev–Trinajstić information content (AvgIpc) is 2.31. The van der Waals surface area contributed by atoms with Gasteiger partial charge in [-0.05, 0) is 30.9 Å². The fourth-order valence-electron chi connectivity index (χ4n) is 2.06. The van der Waals surface area contributed by atoms with E-state index in [1.54, 1.807) is 17.0 Å². The zero-order chi connectivity index (χ0) is 13.1. The number of anilines is 1. The van der Waals surface area contributed by atoms with Crippen molar-refractivity contribution in [3.63, 3.8) is 0 Å². The highest BCUT2D eigenvalue weighted by Gasteiger charge is 2.22. The van der Waals surface area contributed by atoms with Crippen LogP contribution in [0.1, 0.15) is 29.6 Å². The number of pyridine rings is 1. The van der Waals surface area contributed by atoms with Crippen LogP contribution >= 0.6 is 11.6 Å². The second-order valence-electron chi connectivity index (χ2n) is 4.69. The maximum absolute atomic E-state index is 12.2. The normalized spacial score (nSPS) is 15.1. The van der Waals surface area contributed by atoms with Crippen LogP contribution in [-0.4, -0.2) is 29.4 Å². The molecule has 1 aromatic heterocycles. The van der Waals surface area contributed by atoms with Crippen molar-refractivity contribution >= 4 is 23.3 Å². The Hall–Kier alpha value is -1.33. The van der Waals surface area contributed by atoms with Gasteiger partial charge in [-0.15, -0.1) is 0 Å². The molecule has 0 saturated heterocycles. The Kier molecular flexibility index (Phi) is 4.04. The van der Waals surface area contributed by atoms with Crippen molar-refractivity contribution in [2.45, 2.75) is 19.3 Å². The van der Waals surface area contributed by atoms with E-state index >= 15 is 0 Å². The summed E-state index contributed by atoms with van der Waals surface area (Å²) in [6.45, 7) is 0.796. The molecule has 0 unspecified atom stereocenters. The highest BCUT2D eigenvalue weighted by atomic mass is 35.5. The number of hydrogen-bond acceptors (Lipinski definition) is 4. The highest BCUT2D eigenvalue weighted by Crippen LogP contribution is 2.27. The van der Waals surface area contributed by atoms with E-state index in [1.165, 1.54) is 19.3 Å². The molecular formula is C12H17ClN4O. The Morgan fingerprint density at radius 2 is 2.33 bits per heavy atom. The van der Waals surface area contributed by atoms with Crippen LogP contribution in [0.4, 0.5) is 5.82 Å². The first-order chi connectivity index (χ1) is 8.60. The van der Waals surface area contributed by atoms with Crippen LogP contribution in [0.15, 0.2) is 12.1 Å². The number of nitrogen functional groups attached to an aromatic ring is 1. The molecule has 1 aliphatic carbocycles. The lowest BCUT2D eigenvalue weighted by atomic mass is 9.85. The van der Waals surface area contributed by atoms with E-state index in [-0.39, 0.29) is 11.1 Å². The molecule has 0 spiro atoms. The lowest BCUT2D eigenvalue weighted by Crippen LogP contribution is -2.34. The summed E-state index contributed by atoms with van der Waals surface area (Å²) in [5.74, 6) is 6.26. The number of nitrogens with two attached hydrogens (primary N) is 1. The second-order valence-corrected chi connectivity index (χ2v) is 5.08. The molecule has 6 heteroatoms. The van der Waals surface area contributed by atoms with Gasteiger partial charge in [0.1, 0.15) is 11.0 Å². The van der Waals surface area contributed by atoms with Crippen LogP contribution in [0.3, 0.4) is 0 Å². The molecule has 1 fully saturated rings. The van der Waals surface area contributed by atoms with Gasteiger partial charge in [0.15, 0.2) is 0 Å². The summed E-state index contributed by atoms with van der Waals surface area (Å²) >= 11 is 5.84. The molecule has 3 N–H and O–H groups in total. The van der Waals surface area contributed by atoms with Crippen LogP contribution in [0.25, 0.3) is 0 Å². The summed E-state index contributed by atoms with van der Waals surface area (Å²) < 4.78 is 0. The number of amides is 1. The first kappa shape index (κ1) is 13.1. The molecular weight excluding hydrogens is 252 g/mol.